The number of Topliss-reactive ketones (excluding diaryl/α,β-unsaturated/α-hetero) is 1. The van der Waals surface area contributed by atoms with Gasteiger partial charge in [0.1, 0.15) is 11.4 Å². The smallest absolute Gasteiger partial charge is 0.269 e. The van der Waals surface area contributed by atoms with Crippen LogP contribution in [0.15, 0.2) is 42.6 Å². The second-order valence-corrected chi connectivity index (χ2v) is 9.19. The Kier molecular flexibility index (Phi) is 7.21. The van der Waals surface area contributed by atoms with Crippen molar-refractivity contribution in [2.45, 2.75) is 69.9 Å². The zero-order valence-electron chi connectivity index (χ0n) is 19.3. The largest absolute Gasteiger partial charge is 0.361 e. The van der Waals surface area contributed by atoms with Crippen LogP contribution in [0.25, 0.3) is 10.9 Å². The van der Waals surface area contributed by atoms with Gasteiger partial charge in [-0.05, 0) is 61.9 Å². The number of nitrogens with zero attached hydrogens (tertiary/aromatic N) is 1. The zero-order valence-corrected chi connectivity index (χ0v) is 19.3. The second kappa shape index (κ2) is 10.3. The summed E-state index contributed by atoms with van der Waals surface area (Å²) in [7, 11) is 1.55. The van der Waals surface area contributed by atoms with Gasteiger partial charge in [-0.25, -0.2) is 9.37 Å². The molecule has 1 aliphatic rings. The van der Waals surface area contributed by atoms with Crippen LogP contribution in [0.3, 0.4) is 0 Å². The first-order valence-corrected chi connectivity index (χ1v) is 12.0. The molecule has 0 spiro atoms. The molecule has 1 aliphatic carbocycles. The fraction of sp³-hybridized carbons (Fsp3) is 0.444. The van der Waals surface area contributed by atoms with Crippen molar-refractivity contribution in [2.24, 2.45) is 0 Å². The van der Waals surface area contributed by atoms with Crippen molar-refractivity contribution < 1.29 is 14.0 Å². The first-order chi connectivity index (χ1) is 16.0. The lowest BCUT2D eigenvalue weighted by atomic mass is 9.82. The molecule has 2 N–H and O–H groups in total. The number of amides is 1. The fourth-order valence-electron chi connectivity index (χ4n) is 4.89. The molecule has 0 atom stereocenters. The predicted molar refractivity (Wildman–Crippen MR) is 128 cm³/mol. The van der Waals surface area contributed by atoms with Gasteiger partial charge in [-0.1, -0.05) is 31.4 Å². The van der Waals surface area contributed by atoms with E-state index in [0.717, 1.165) is 35.7 Å². The van der Waals surface area contributed by atoms with E-state index in [4.69, 9.17) is 0 Å². The zero-order chi connectivity index (χ0) is 23.3. The normalized spacial score (nSPS) is 15.5. The minimum Gasteiger partial charge on any atom is -0.361 e. The highest BCUT2D eigenvalue weighted by atomic mass is 19.1. The topological polar surface area (TPSA) is 74.8 Å². The molecule has 1 saturated carbocycles. The van der Waals surface area contributed by atoms with Gasteiger partial charge in [-0.3, -0.25) is 9.59 Å². The number of halogens is 1. The van der Waals surface area contributed by atoms with Crippen LogP contribution in [0, 0.1) is 0 Å². The maximum Gasteiger partial charge on any atom is 0.269 e. The standard InChI is InChI=1S/C27H32FN3O2/c1-29-26(33)24-18-20(25(32)10-3-6-14-27(28)12-4-2-5-13-27)17-21(31-24)16-19-8-7-9-23-22(19)11-15-30-23/h7-9,11,15,17-18,30H,2-6,10,12-14,16H2,1H3,(H,29,33). The number of aromatic nitrogens is 2. The first kappa shape index (κ1) is 23.1. The first-order valence-electron chi connectivity index (χ1n) is 12.0. The third-order valence-corrected chi connectivity index (χ3v) is 6.75. The van der Waals surface area contributed by atoms with Crippen molar-refractivity contribution in [1.82, 2.24) is 15.3 Å². The van der Waals surface area contributed by atoms with E-state index in [1.54, 1.807) is 19.2 Å². The molecule has 1 amide bonds. The van der Waals surface area contributed by atoms with Crippen molar-refractivity contribution in [1.29, 1.82) is 0 Å². The Labute approximate surface area is 194 Å². The molecule has 6 heteroatoms. The fourth-order valence-corrected chi connectivity index (χ4v) is 4.89. The Bertz CT molecular complexity index is 1130. The van der Waals surface area contributed by atoms with Crippen LogP contribution in [0.2, 0.25) is 0 Å². The number of rotatable bonds is 9. The third kappa shape index (κ3) is 5.67. The number of hydrogen-bond donors (Lipinski definition) is 2. The minimum atomic E-state index is -1.04. The molecule has 1 fully saturated rings. The van der Waals surface area contributed by atoms with Gasteiger partial charge in [-0.15, -0.1) is 0 Å². The maximum absolute atomic E-state index is 14.8. The van der Waals surface area contributed by atoms with Gasteiger partial charge < -0.3 is 10.3 Å². The molecule has 2 heterocycles. The Hall–Kier alpha value is -3.02. The molecule has 5 nitrogen and oxygen atoms in total. The summed E-state index contributed by atoms with van der Waals surface area (Å²) < 4.78 is 14.8. The Morgan fingerprint density at radius 2 is 1.94 bits per heavy atom. The molecule has 0 saturated heterocycles. The van der Waals surface area contributed by atoms with E-state index < -0.39 is 5.67 Å². The molecule has 0 aliphatic heterocycles. The number of aromatic amines is 1. The number of hydrogen-bond acceptors (Lipinski definition) is 3. The lowest BCUT2D eigenvalue weighted by molar-refractivity contribution is 0.0893. The van der Waals surface area contributed by atoms with Crippen LogP contribution in [0.5, 0.6) is 0 Å². The summed E-state index contributed by atoms with van der Waals surface area (Å²) in [5.74, 6) is -0.345. The number of carbonyl (C=O) groups excluding carboxylic acids is 2. The molecule has 0 bridgehead atoms. The summed E-state index contributed by atoms with van der Waals surface area (Å²) in [4.78, 5) is 33.0. The van der Waals surface area contributed by atoms with E-state index in [0.29, 0.717) is 56.2 Å². The quantitative estimate of drug-likeness (QED) is 0.314. The molecule has 0 radical (unpaired) electrons. The summed E-state index contributed by atoms with van der Waals surface area (Å²) in [6.45, 7) is 0. The van der Waals surface area contributed by atoms with Crippen LogP contribution in [0.1, 0.15) is 89.9 Å². The SMILES string of the molecule is CNC(=O)c1cc(C(=O)CCCCC2(F)CCCCC2)cc(Cc2cccc3[nH]ccc23)n1. The van der Waals surface area contributed by atoms with Gasteiger partial charge in [0.2, 0.25) is 0 Å². The molecule has 0 unspecified atom stereocenters. The molecule has 4 rings (SSSR count). The van der Waals surface area contributed by atoms with Crippen LogP contribution in [-0.2, 0) is 6.42 Å². The third-order valence-electron chi connectivity index (χ3n) is 6.75. The minimum absolute atomic E-state index is 0.0276. The Balaban J connectivity index is 1.46. The molecular weight excluding hydrogens is 417 g/mol. The van der Waals surface area contributed by atoms with Crippen molar-refractivity contribution in [2.75, 3.05) is 7.05 Å². The van der Waals surface area contributed by atoms with E-state index in [1.165, 1.54) is 0 Å². The number of ketones is 1. The number of pyridine rings is 1. The number of fused-ring (bicyclic) bond motifs is 1. The lowest BCUT2D eigenvalue weighted by Gasteiger charge is -2.29. The van der Waals surface area contributed by atoms with Gasteiger partial charge in [0.15, 0.2) is 5.78 Å². The van der Waals surface area contributed by atoms with Gasteiger partial charge in [-0.2, -0.15) is 0 Å². The van der Waals surface area contributed by atoms with Crippen molar-refractivity contribution in [3.05, 3.63) is 65.1 Å². The summed E-state index contributed by atoms with van der Waals surface area (Å²) in [5, 5.41) is 3.69. The average molecular weight is 450 g/mol. The highest BCUT2D eigenvalue weighted by Gasteiger charge is 2.30. The number of nitrogens with one attached hydrogen (secondary N) is 2. The molecule has 2 aromatic heterocycles. The van der Waals surface area contributed by atoms with E-state index in [9.17, 15) is 14.0 Å². The van der Waals surface area contributed by atoms with E-state index in [2.05, 4.69) is 15.3 Å². The summed E-state index contributed by atoms with van der Waals surface area (Å²) in [6.07, 6.45) is 9.01. The van der Waals surface area contributed by atoms with Crippen LogP contribution in [0.4, 0.5) is 4.39 Å². The molecule has 1 aromatic carbocycles. The molecule has 3 aromatic rings. The highest BCUT2D eigenvalue weighted by Crippen LogP contribution is 2.36. The number of carbonyl (C=O) groups is 2. The second-order valence-electron chi connectivity index (χ2n) is 9.19. The van der Waals surface area contributed by atoms with Gasteiger partial charge in [0, 0.05) is 48.2 Å². The Morgan fingerprint density at radius 1 is 1.12 bits per heavy atom. The van der Waals surface area contributed by atoms with Crippen molar-refractivity contribution in [3.63, 3.8) is 0 Å². The number of benzene rings is 1. The molecule has 174 valence electrons. The van der Waals surface area contributed by atoms with Gasteiger partial charge in [0.25, 0.3) is 5.91 Å². The van der Waals surface area contributed by atoms with Crippen molar-refractivity contribution in [3.8, 4) is 0 Å². The average Bonchev–Trinajstić information content (AvgIpc) is 3.31. The van der Waals surface area contributed by atoms with E-state index in [1.807, 2.05) is 30.5 Å². The highest BCUT2D eigenvalue weighted by molar-refractivity contribution is 5.99. The summed E-state index contributed by atoms with van der Waals surface area (Å²) in [6, 6.07) is 11.4. The van der Waals surface area contributed by atoms with E-state index >= 15 is 0 Å². The monoisotopic (exact) mass is 449 g/mol. The van der Waals surface area contributed by atoms with Crippen LogP contribution < -0.4 is 5.32 Å². The van der Waals surface area contributed by atoms with Crippen LogP contribution >= 0.6 is 0 Å². The number of H-pyrrole nitrogens is 1. The molecule has 33 heavy (non-hydrogen) atoms. The Morgan fingerprint density at radius 3 is 2.73 bits per heavy atom. The van der Waals surface area contributed by atoms with Gasteiger partial charge >= 0.3 is 0 Å². The maximum atomic E-state index is 14.8. The van der Waals surface area contributed by atoms with Crippen molar-refractivity contribution >= 4 is 22.6 Å². The number of alkyl halides is 1. The summed E-state index contributed by atoms with van der Waals surface area (Å²) >= 11 is 0. The predicted octanol–water partition coefficient (Wildman–Crippen LogP) is 5.93. The molecular formula is C27H32FN3O2. The van der Waals surface area contributed by atoms with Gasteiger partial charge in [0.05, 0.1) is 0 Å². The summed E-state index contributed by atoms with van der Waals surface area (Å²) in [5.41, 5.74) is 2.48. The number of unbranched alkanes of at least 4 members (excludes halogenated alkanes) is 1. The van der Waals surface area contributed by atoms with Crippen LogP contribution in [-0.4, -0.2) is 34.4 Å². The van der Waals surface area contributed by atoms with E-state index in [-0.39, 0.29) is 17.4 Å². The lowest BCUT2D eigenvalue weighted by Crippen LogP contribution is -2.25.